The minimum atomic E-state index is 0.598. The van der Waals surface area contributed by atoms with Gasteiger partial charge in [-0.2, -0.15) is 0 Å². The summed E-state index contributed by atoms with van der Waals surface area (Å²) in [7, 11) is 2.07. The Labute approximate surface area is 96.1 Å². The van der Waals surface area contributed by atoms with Gasteiger partial charge in [-0.3, -0.25) is 0 Å². The van der Waals surface area contributed by atoms with Crippen molar-refractivity contribution >= 4 is 10.9 Å². The number of hydrogen-bond donors (Lipinski definition) is 0. The Bertz CT molecular complexity index is 511. The van der Waals surface area contributed by atoms with E-state index in [0.29, 0.717) is 13.2 Å². The molecule has 0 bridgehead atoms. The highest BCUT2D eigenvalue weighted by Crippen LogP contribution is 2.20. The quantitative estimate of drug-likeness (QED) is 0.564. The molecule has 0 saturated heterocycles. The number of nitrogens with zero attached hydrogens (tertiary/aromatic N) is 1. The zero-order valence-corrected chi connectivity index (χ0v) is 9.86. The molecular weight excluding hydrogens is 198 g/mol. The van der Waals surface area contributed by atoms with Gasteiger partial charge in [0.05, 0.1) is 13.2 Å². The van der Waals surface area contributed by atoms with Crippen molar-refractivity contribution in [1.29, 1.82) is 0 Å². The molecule has 1 aromatic heterocycles. The standard InChI is InChI=1S/C14H17NO/c1-4-7-16-10-13-9-12-8-11(2)5-6-14(12)15(13)3/h4-6,8-9H,1,7,10H2,2-3H3. The SMILES string of the molecule is C=CCOCc1cc2cc(C)ccc2n1C. The van der Waals surface area contributed by atoms with Crippen LogP contribution in [-0.4, -0.2) is 11.2 Å². The highest BCUT2D eigenvalue weighted by molar-refractivity contribution is 5.81. The van der Waals surface area contributed by atoms with Crippen LogP contribution in [0.25, 0.3) is 10.9 Å². The highest BCUT2D eigenvalue weighted by Gasteiger charge is 2.05. The zero-order valence-electron chi connectivity index (χ0n) is 9.86. The molecule has 1 aromatic carbocycles. The van der Waals surface area contributed by atoms with Gasteiger partial charge in [0, 0.05) is 23.6 Å². The summed E-state index contributed by atoms with van der Waals surface area (Å²) in [5.74, 6) is 0. The van der Waals surface area contributed by atoms with Crippen LogP contribution in [0, 0.1) is 6.92 Å². The minimum absolute atomic E-state index is 0.598. The van der Waals surface area contributed by atoms with Crippen molar-refractivity contribution < 1.29 is 4.74 Å². The first-order chi connectivity index (χ1) is 7.72. The second kappa shape index (κ2) is 4.54. The summed E-state index contributed by atoms with van der Waals surface area (Å²) in [5, 5.41) is 1.28. The molecular formula is C14H17NO. The second-order valence-electron chi connectivity index (χ2n) is 4.06. The van der Waals surface area contributed by atoms with E-state index in [1.54, 1.807) is 6.08 Å². The first-order valence-corrected chi connectivity index (χ1v) is 5.46. The summed E-state index contributed by atoms with van der Waals surface area (Å²) in [6, 6.07) is 8.68. The predicted molar refractivity (Wildman–Crippen MR) is 67.5 cm³/mol. The summed E-state index contributed by atoms with van der Waals surface area (Å²) in [5.41, 5.74) is 3.74. The first kappa shape index (κ1) is 11.0. The minimum Gasteiger partial charge on any atom is -0.371 e. The molecule has 2 nitrogen and oxygen atoms in total. The van der Waals surface area contributed by atoms with Gasteiger partial charge in [0.1, 0.15) is 0 Å². The summed E-state index contributed by atoms with van der Waals surface area (Å²) in [6.45, 7) is 6.98. The number of hydrogen-bond acceptors (Lipinski definition) is 1. The Morgan fingerprint density at radius 2 is 2.19 bits per heavy atom. The van der Waals surface area contributed by atoms with Gasteiger partial charge in [0.25, 0.3) is 0 Å². The third kappa shape index (κ3) is 2.02. The van der Waals surface area contributed by atoms with E-state index in [4.69, 9.17) is 4.74 Å². The molecule has 0 spiro atoms. The van der Waals surface area contributed by atoms with Gasteiger partial charge in [0.15, 0.2) is 0 Å². The monoisotopic (exact) mass is 215 g/mol. The van der Waals surface area contributed by atoms with Crippen LogP contribution < -0.4 is 0 Å². The molecule has 2 heteroatoms. The summed E-state index contributed by atoms with van der Waals surface area (Å²) in [6.07, 6.45) is 1.77. The number of benzene rings is 1. The number of fused-ring (bicyclic) bond motifs is 1. The second-order valence-corrected chi connectivity index (χ2v) is 4.06. The summed E-state index contributed by atoms with van der Waals surface area (Å²) >= 11 is 0. The molecule has 0 atom stereocenters. The van der Waals surface area contributed by atoms with Crippen LogP contribution in [-0.2, 0) is 18.4 Å². The van der Waals surface area contributed by atoms with Crippen LogP contribution in [0.4, 0.5) is 0 Å². The third-order valence-corrected chi connectivity index (χ3v) is 2.78. The fraction of sp³-hybridized carbons (Fsp3) is 0.286. The van der Waals surface area contributed by atoms with Crippen molar-refractivity contribution in [3.05, 3.63) is 48.2 Å². The fourth-order valence-electron chi connectivity index (χ4n) is 1.91. The van der Waals surface area contributed by atoms with E-state index in [1.807, 2.05) is 0 Å². The van der Waals surface area contributed by atoms with E-state index in [9.17, 15) is 0 Å². The molecule has 1 heterocycles. The van der Waals surface area contributed by atoms with Gasteiger partial charge in [0.2, 0.25) is 0 Å². The molecule has 0 aliphatic rings. The number of aromatic nitrogens is 1. The van der Waals surface area contributed by atoms with Gasteiger partial charge in [-0.15, -0.1) is 6.58 Å². The maximum atomic E-state index is 5.47. The molecule has 16 heavy (non-hydrogen) atoms. The van der Waals surface area contributed by atoms with Crippen molar-refractivity contribution in [3.8, 4) is 0 Å². The van der Waals surface area contributed by atoms with Gasteiger partial charge >= 0.3 is 0 Å². The van der Waals surface area contributed by atoms with Crippen molar-refractivity contribution in [2.75, 3.05) is 6.61 Å². The molecule has 0 aliphatic heterocycles. The molecule has 0 amide bonds. The molecule has 0 saturated carbocycles. The number of rotatable bonds is 4. The van der Waals surface area contributed by atoms with Gasteiger partial charge < -0.3 is 9.30 Å². The number of aryl methyl sites for hydroxylation is 2. The molecule has 0 unspecified atom stereocenters. The lowest BCUT2D eigenvalue weighted by molar-refractivity contribution is 0.144. The van der Waals surface area contributed by atoms with Crippen LogP contribution in [0.2, 0.25) is 0 Å². The molecule has 0 N–H and O–H groups in total. The van der Waals surface area contributed by atoms with Crippen LogP contribution in [0.1, 0.15) is 11.3 Å². The normalized spacial score (nSPS) is 10.9. The molecule has 84 valence electrons. The van der Waals surface area contributed by atoms with Crippen LogP contribution >= 0.6 is 0 Å². The van der Waals surface area contributed by atoms with Gasteiger partial charge in [-0.25, -0.2) is 0 Å². The lowest BCUT2D eigenvalue weighted by atomic mass is 10.2. The van der Waals surface area contributed by atoms with Crippen molar-refractivity contribution in [2.45, 2.75) is 13.5 Å². The van der Waals surface area contributed by atoms with Crippen molar-refractivity contribution in [2.24, 2.45) is 7.05 Å². The van der Waals surface area contributed by atoms with E-state index in [2.05, 4.69) is 49.4 Å². The molecule has 2 rings (SSSR count). The topological polar surface area (TPSA) is 14.2 Å². The Morgan fingerprint density at radius 3 is 2.94 bits per heavy atom. The predicted octanol–water partition coefficient (Wildman–Crippen LogP) is 3.19. The lowest BCUT2D eigenvalue weighted by Gasteiger charge is -2.04. The van der Waals surface area contributed by atoms with E-state index < -0.39 is 0 Å². The Hall–Kier alpha value is -1.54. The van der Waals surface area contributed by atoms with Crippen molar-refractivity contribution in [1.82, 2.24) is 4.57 Å². The van der Waals surface area contributed by atoms with Crippen LogP contribution in [0.3, 0.4) is 0 Å². The first-order valence-electron chi connectivity index (χ1n) is 5.46. The summed E-state index contributed by atoms with van der Waals surface area (Å²) in [4.78, 5) is 0. The Kier molecular flexibility index (Phi) is 3.11. The Morgan fingerprint density at radius 1 is 1.38 bits per heavy atom. The smallest absolute Gasteiger partial charge is 0.0872 e. The highest BCUT2D eigenvalue weighted by atomic mass is 16.5. The largest absolute Gasteiger partial charge is 0.371 e. The zero-order chi connectivity index (χ0) is 11.5. The maximum absolute atomic E-state index is 5.47. The van der Waals surface area contributed by atoms with Crippen LogP contribution in [0.15, 0.2) is 36.9 Å². The van der Waals surface area contributed by atoms with E-state index >= 15 is 0 Å². The fourth-order valence-corrected chi connectivity index (χ4v) is 1.91. The van der Waals surface area contributed by atoms with Crippen LogP contribution in [0.5, 0.6) is 0 Å². The maximum Gasteiger partial charge on any atom is 0.0872 e. The van der Waals surface area contributed by atoms with Crippen molar-refractivity contribution in [3.63, 3.8) is 0 Å². The van der Waals surface area contributed by atoms with E-state index in [-0.39, 0.29) is 0 Å². The average molecular weight is 215 g/mol. The lowest BCUT2D eigenvalue weighted by Crippen LogP contribution is -1.99. The average Bonchev–Trinajstić information content (AvgIpc) is 2.56. The molecule has 0 aliphatic carbocycles. The van der Waals surface area contributed by atoms with Gasteiger partial charge in [-0.1, -0.05) is 17.7 Å². The van der Waals surface area contributed by atoms with E-state index in [1.165, 1.54) is 22.2 Å². The molecule has 0 fully saturated rings. The van der Waals surface area contributed by atoms with Gasteiger partial charge in [-0.05, 0) is 25.1 Å². The third-order valence-electron chi connectivity index (χ3n) is 2.78. The Balaban J connectivity index is 2.32. The molecule has 0 radical (unpaired) electrons. The number of ether oxygens (including phenoxy) is 1. The van der Waals surface area contributed by atoms with E-state index in [0.717, 1.165) is 0 Å². The molecule has 2 aromatic rings. The summed E-state index contributed by atoms with van der Waals surface area (Å²) < 4.78 is 7.65.